The summed E-state index contributed by atoms with van der Waals surface area (Å²) in [5.41, 5.74) is -0.716. The van der Waals surface area contributed by atoms with Gasteiger partial charge in [0.05, 0.1) is 45.1 Å². The first-order valence-corrected chi connectivity index (χ1v) is 8.93. The Morgan fingerprint density at radius 1 is 0.680 bits per heavy atom. The fourth-order valence-electron chi connectivity index (χ4n) is 2.32. The summed E-state index contributed by atoms with van der Waals surface area (Å²) in [5.74, 6) is 0. The highest BCUT2D eigenvalue weighted by atomic mass is 35.5. The molecule has 8 heteroatoms. The minimum atomic E-state index is -0.716. The Morgan fingerprint density at radius 3 is 1.24 bits per heavy atom. The van der Waals surface area contributed by atoms with Crippen LogP contribution in [0.25, 0.3) is 0 Å². The second kappa shape index (κ2) is 19.1. The molecule has 0 aliphatic carbocycles. The topological polar surface area (TPSA) is 65.4 Å². The lowest BCUT2D eigenvalue weighted by Crippen LogP contribution is -2.41. The van der Waals surface area contributed by atoms with Crippen molar-refractivity contribution < 1.29 is 19.7 Å². The van der Waals surface area contributed by atoms with Gasteiger partial charge < -0.3 is 29.5 Å². The van der Waals surface area contributed by atoms with E-state index in [2.05, 4.69) is 37.5 Å². The average Bonchev–Trinajstić information content (AvgIpc) is 2.60. The van der Waals surface area contributed by atoms with Crippen molar-refractivity contribution >= 4 is 24.8 Å². The van der Waals surface area contributed by atoms with E-state index in [9.17, 15) is 10.2 Å². The van der Waals surface area contributed by atoms with Crippen LogP contribution in [0.2, 0.25) is 0 Å². The maximum Gasteiger partial charge on any atom is 0.0632 e. The van der Waals surface area contributed by atoms with Crippen LogP contribution in [-0.4, -0.2) is 98.9 Å². The van der Waals surface area contributed by atoms with Gasteiger partial charge in [-0.1, -0.05) is 27.7 Å². The summed E-state index contributed by atoms with van der Waals surface area (Å²) in [5, 5.41) is 19.3. The van der Waals surface area contributed by atoms with E-state index < -0.39 is 5.41 Å². The van der Waals surface area contributed by atoms with Gasteiger partial charge in [0.1, 0.15) is 0 Å². The normalized spacial score (nSPS) is 11.5. The number of likely N-dealkylation sites (N-methyl/N-ethyl adjacent to an activating group) is 2. The number of hydrogen-bond donors (Lipinski definition) is 2. The Morgan fingerprint density at radius 2 is 1.00 bits per heavy atom. The van der Waals surface area contributed by atoms with Crippen molar-refractivity contribution in [1.82, 2.24) is 9.80 Å². The Bertz CT molecular complexity index is 243. The van der Waals surface area contributed by atoms with Crippen LogP contribution in [-0.2, 0) is 9.47 Å². The van der Waals surface area contributed by atoms with Gasteiger partial charge in [-0.3, -0.25) is 0 Å². The number of nitrogens with zero attached hydrogens (tertiary/aromatic N) is 2. The molecule has 0 saturated carbocycles. The average molecular weight is 407 g/mol. The quantitative estimate of drug-likeness (QED) is 0.378. The van der Waals surface area contributed by atoms with Gasteiger partial charge >= 0.3 is 0 Å². The second-order valence-electron chi connectivity index (χ2n) is 5.98. The summed E-state index contributed by atoms with van der Waals surface area (Å²) < 4.78 is 11.4. The summed E-state index contributed by atoms with van der Waals surface area (Å²) in [6.45, 7) is 15.8. The van der Waals surface area contributed by atoms with Crippen LogP contribution in [0.4, 0.5) is 0 Å². The van der Waals surface area contributed by atoms with Crippen molar-refractivity contribution in [2.75, 3.05) is 78.9 Å². The SMILES string of the molecule is CCN(CC)CCOCC(CO)(CO)COCCN(CC)CC.Cl.Cl. The van der Waals surface area contributed by atoms with E-state index >= 15 is 0 Å². The summed E-state index contributed by atoms with van der Waals surface area (Å²) in [6, 6.07) is 0. The van der Waals surface area contributed by atoms with Crippen LogP contribution in [0, 0.1) is 5.41 Å². The molecule has 0 spiro atoms. The second-order valence-corrected chi connectivity index (χ2v) is 5.98. The first-order valence-electron chi connectivity index (χ1n) is 8.93. The summed E-state index contributed by atoms with van der Waals surface area (Å²) >= 11 is 0. The Hall–Kier alpha value is 0.340. The van der Waals surface area contributed by atoms with Gasteiger partial charge in [-0.25, -0.2) is 0 Å². The molecule has 0 atom stereocenters. The molecule has 0 radical (unpaired) electrons. The monoisotopic (exact) mass is 406 g/mol. The highest BCUT2D eigenvalue weighted by Crippen LogP contribution is 2.17. The zero-order valence-corrected chi connectivity index (χ0v) is 18.0. The number of aliphatic hydroxyl groups excluding tert-OH is 2. The van der Waals surface area contributed by atoms with Crippen molar-refractivity contribution in [2.24, 2.45) is 5.41 Å². The summed E-state index contributed by atoms with van der Waals surface area (Å²) in [6.07, 6.45) is 0. The molecule has 0 rings (SSSR count). The fourth-order valence-corrected chi connectivity index (χ4v) is 2.32. The molecule has 0 bridgehead atoms. The van der Waals surface area contributed by atoms with Crippen molar-refractivity contribution in [3.05, 3.63) is 0 Å². The molecule has 0 aromatic carbocycles. The van der Waals surface area contributed by atoms with E-state index in [-0.39, 0.29) is 38.0 Å². The zero-order valence-electron chi connectivity index (χ0n) is 16.4. The minimum Gasteiger partial charge on any atom is -0.396 e. The maximum absolute atomic E-state index is 9.64. The molecule has 6 nitrogen and oxygen atoms in total. The molecule has 25 heavy (non-hydrogen) atoms. The molecule has 0 saturated heterocycles. The van der Waals surface area contributed by atoms with E-state index in [1.807, 2.05) is 0 Å². The highest BCUT2D eigenvalue weighted by molar-refractivity contribution is 5.85. The molecule has 0 amide bonds. The molecular weight excluding hydrogens is 367 g/mol. The third kappa shape index (κ3) is 13.2. The zero-order chi connectivity index (χ0) is 17.6. The lowest BCUT2D eigenvalue weighted by molar-refractivity contribution is -0.0802. The van der Waals surface area contributed by atoms with E-state index in [4.69, 9.17) is 9.47 Å². The van der Waals surface area contributed by atoms with Crippen LogP contribution < -0.4 is 0 Å². The van der Waals surface area contributed by atoms with E-state index in [1.165, 1.54) is 0 Å². The van der Waals surface area contributed by atoms with Crippen LogP contribution in [0.1, 0.15) is 27.7 Å². The lowest BCUT2D eigenvalue weighted by atomic mass is 9.92. The molecule has 0 aromatic rings. The van der Waals surface area contributed by atoms with Gasteiger partial charge in [0.2, 0.25) is 0 Å². The number of halogens is 2. The molecule has 0 fully saturated rings. The molecule has 0 heterocycles. The largest absolute Gasteiger partial charge is 0.396 e. The molecule has 2 N–H and O–H groups in total. The molecule has 0 aromatic heterocycles. The number of aliphatic hydroxyl groups is 2. The van der Waals surface area contributed by atoms with Gasteiger partial charge in [0.25, 0.3) is 0 Å². The predicted molar refractivity (Wildman–Crippen MR) is 108 cm³/mol. The summed E-state index contributed by atoms with van der Waals surface area (Å²) in [7, 11) is 0. The number of ether oxygens (including phenoxy) is 2. The molecule has 0 aliphatic heterocycles. The third-order valence-electron chi connectivity index (χ3n) is 4.38. The van der Waals surface area contributed by atoms with Crippen LogP contribution in [0.5, 0.6) is 0 Å². The standard InChI is InChI=1S/C17H38N2O4.2ClH/c1-5-18(6-2)9-11-22-15-17(13-20,14-21)16-23-12-10-19(7-3)8-4;;/h20-21H,5-16H2,1-4H3;2*1H. The van der Waals surface area contributed by atoms with Crippen molar-refractivity contribution in [3.8, 4) is 0 Å². The predicted octanol–water partition coefficient (Wildman–Crippen LogP) is 1.52. The Balaban J connectivity index is -0.00000242. The smallest absolute Gasteiger partial charge is 0.0632 e. The third-order valence-corrected chi connectivity index (χ3v) is 4.38. The Kier molecular flexibility index (Phi) is 23.0. The molecular formula is C17H40Cl2N2O4. The first-order chi connectivity index (χ1) is 11.1. The molecule has 0 unspecified atom stereocenters. The molecule has 0 aliphatic rings. The van der Waals surface area contributed by atoms with Gasteiger partial charge in [0.15, 0.2) is 0 Å². The van der Waals surface area contributed by atoms with E-state index in [0.717, 1.165) is 39.3 Å². The Labute approximate surface area is 166 Å². The van der Waals surface area contributed by atoms with Crippen molar-refractivity contribution in [1.29, 1.82) is 0 Å². The summed E-state index contributed by atoms with van der Waals surface area (Å²) in [4.78, 5) is 4.56. The first kappa shape index (κ1) is 30.1. The lowest BCUT2D eigenvalue weighted by Gasteiger charge is -2.30. The minimum absolute atomic E-state index is 0. The van der Waals surface area contributed by atoms with Crippen LogP contribution >= 0.6 is 24.8 Å². The maximum atomic E-state index is 9.64. The van der Waals surface area contributed by atoms with E-state index in [0.29, 0.717) is 26.4 Å². The van der Waals surface area contributed by atoms with Crippen molar-refractivity contribution in [3.63, 3.8) is 0 Å². The van der Waals surface area contributed by atoms with Gasteiger partial charge in [-0.2, -0.15) is 0 Å². The highest BCUT2D eigenvalue weighted by Gasteiger charge is 2.30. The molecule has 156 valence electrons. The number of rotatable bonds is 16. The van der Waals surface area contributed by atoms with Crippen LogP contribution in [0.15, 0.2) is 0 Å². The van der Waals surface area contributed by atoms with Crippen LogP contribution in [0.3, 0.4) is 0 Å². The van der Waals surface area contributed by atoms with Gasteiger partial charge in [-0.05, 0) is 26.2 Å². The fraction of sp³-hybridized carbons (Fsp3) is 1.00. The van der Waals surface area contributed by atoms with E-state index in [1.54, 1.807) is 0 Å². The van der Waals surface area contributed by atoms with Crippen molar-refractivity contribution in [2.45, 2.75) is 27.7 Å². The van der Waals surface area contributed by atoms with Gasteiger partial charge in [0, 0.05) is 13.1 Å². The number of hydrogen-bond acceptors (Lipinski definition) is 6. The van der Waals surface area contributed by atoms with Gasteiger partial charge in [-0.15, -0.1) is 24.8 Å².